The summed E-state index contributed by atoms with van der Waals surface area (Å²) in [6.45, 7) is 5.16. The zero-order chi connectivity index (χ0) is 9.68. The molecule has 0 amide bonds. The summed E-state index contributed by atoms with van der Waals surface area (Å²) in [6, 6.07) is 0. The van der Waals surface area contributed by atoms with Gasteiger partial charge in [0.1, 0.15) is 11.2 Å². The molecule has 3 nitrogen and oxygen atoms in total. The minimum absolute atomic E-state index is 0.256. The van der Waals surface area contributed by atoms with E-state index in [0.717, 1.165) is 4.60 Å². The van der Waals surface area contributed by atoms with E-state index in [9.17, 15) is 0 Å². The lowest BCUT2D eigenvalue weighted by Crippen LogP contribution is -2.11. The molecule has 0 N–H and O–H groups in total. The van der Waals surface area contributed by atoms with Gasteiger partial charge in [-0.15, -0.1) is 0 Å². The van der Waals surface area contributed by atoms with Gasteiger partial charge in [0, 0.05) is 5.38 Å². The molecule has 0 unspecified atom stereocenters. The molecule has 0 atom stereocenters. The largest absolute Gasteiger partial charge is 0.468 e. The van der Waals surface area contributed by atoms with Crippen molar-refractivity contribution in [3.63, 3.8) is 0 Å². The summed E-state index contributed by atoms with van der Waals surface area (Å²) in [5, 5.41) is 2.57. The fourth-order valence-electron chi connectivity index (χ4n) is 0.718. The van der Waals surface area contributed by atoms with Gasteiger partial charge >= 0.3 is 0 Å². The van der Waals surface area contributed by atoms with E-state index in [1.165, 1.54) is 11.3 Å². The van der Waals surface area contributed by atoms with E-state index in [0.29, 0.717) is 18.4 Å². The Morgan fingerprint density at radius 1 is 1.54 bits per heavy atom. The summed E-state index contributed by atoms with van der Waals surface area (Å²) in [6.07, 6.45) is 0.256. The molecule has 0 aliphatic carbocycles. The molecule has 1 aromatic rings. The maximum atomic E-state index is 5.33. The van der Waals surface area contributed by atoms with Crippen LogP contribution in [0.5, 0.6) is 5.19 Å². The summed E-state index contributed by atoms with van der Waals surface area (Å²) in [5.41, 5.74) is 0. The Bertz CT molecular complexity index is 252. The van der Waals surface area contributed by atoms with Gasteiger partial charge in [-0.25, -0.2) is 0 Å². The van der Waals surface area contributed by atoms with Crippen LogP contribution in [0.3, 0.4) is 0 Å². The molecule has 0 spiro atoms. The Morgan fingerprint density at radius 3 is 2.85 bits per heavy atom. The van der Waals surface area contributed by atoms with Crippen LogP contribution in [0.15, 0.2) is 9.98 Å². The fourth-order valence-corrected chi connectivity index (χ4v) is 1.83. The molecule has 13 heavy (non-hydrogen) atoms. The van der Waals surface area contributed by atoms with Crippen LogP contribution < -0.4 is 4.74 Å². The predicted octanol–water partition coefficient (Wildman–Crippen LogP) is 2.71. The second kappa shape index (κ2) is 5.57. The molecular weight excluding hydrogens is 254 g/mol. The molecule has 0 bridgehead atoms. The first-order valence-corrected chi connectivity index (χ1v) is 5.71. The van der Waals surface area contributed by atoms with E-state index >= 15 is 0 Å². The number of hydrogen-bond donors (Lipinski definition) is 0. The van der Waals surface area contributed by atoms with Crippen molar-refractivity contribution >= 4 is 27.3 Å². The fraction of sp³-hybridized carbons (Fsp3) is 0.625. The lowest BCUT2D eigenvalue weighted by Gasteiger charge is -2.06. The summed E-state index contributed by atoms with van der Waals surface area (Å²) < 4.78 is 11.5. The molecule has 0 fully saturated rings. The molecule has 1 heterocycles. The Kier molecular flexibility index (Phi) is 4.69. The molecule has 0 aliphatic heterocycles. The van der Waals surface area contributed by atoms with E-state index in [4.69, 9.17) is 9.47 Å². The van der Waals surface area contributed by atoms with Gasteiger partial charge in [0.15, 0.2) is 0 Å². The van der Waals surface area contributed by atoms with Gasteiger partial charge in [0.25, 0.3) is 5.19 Å². The van der Waals surface area contributed by atoms with Gasteiger partial charge in [-0.2, -0.15) is 4.98 Å². The molecule has 74 valence electrons. The van der Waals surface area contributed by atoms with Gasteiger partial charge in [0.05, 0.1) is 12.7 Å². The summed E-state index contributed by atoms with van der Waals surface area (Å²) in [7, 11) is 0. The molecule has 5 heteroatoms. The number of ether oxygens (including phenoxy) is 2. The van der Waals surface area contributed by atoms with E-state index in [-0.39, 0.29) is 6.10 Å². The van der Waals surface area contributed by atoms with Gasteiger partial charge in [-0.1, -0.05) is 11.3 Å². The van der Waals surface area contributed by atoms with Gasteiger partial charge in [-0.3, -0.25) is 0 Å². The quantitative estimate of drug-likeness (QED) is 0.768. The Hall–Kier alpha value is -0.130. The third kappa shape index (κ3) is 4.59. The SMILES string of the molecule is CC(C)OCCOc1nc(Br)cs1. The second-order valence-electron chi connectivity index (χ2n) is 2.70. The average molecular weight is 266 g/mol. The van der Waals surface area contributed by atoms with Crippen LogP contribution >= 0.6 is 27.3 Å². The molecule has 0 saturated heterocycles. The lowest BCUT2D eigenvalue weighted by molar-refractivity contribution is 0.0552. The van der Waals surface area contributed by atoms with Crippen LogP contribution in [0.25, 0.3) is 0 Å². The van der Waals surface area contributed by atoms with Crippen molar-refractivity contribution in [2.45, 2.75) is 20.0 Å². The molecule has 0 aromatic carbocycles. The maximum absolute atomic E-state index is 5.33. The average Bonchev–Trinajstić information content (AvgIpc) is 2.45. The molecule has 1 rings (SSSR count). The highest BCUT2D eigenvalue weighted by Crippen LogP contribution is 2.21. The van der Waals surface area contributed by atoms with Crippen LogP contribution in [0, 0.1) is 0 Å². The maximum Gasteiger partial charge on any atom is 0.274 e. The smallest absolute Gasteiger partial charge is 0.274 e. The summed E-state index contributed by atoms with van der Waals surface area (Å²) in [4.78, 5) is 4.08. The zero-order valence-electron chi connectivity index (χ0n) is 7.62. The molecule has 0 saturated carbocycles. The van der Waals surface area contributed by atoms with E-state index in [1.807, 2.05) is 19.2 Å². The van der Waals surface area contributed by atoms with Crippen molar-refractivity contribution in [1.82, 2.24) is 4.98 Å². The number of thiazole rings is 1. The van der Waals surface area contributed by atoms with Crippen LogP contribution in [-0.2, 0) is 4.74 Å². The van der Waals surface area contributed by atoms with Crippen molar-refractivity contribution in [2.75, 3.05) is 13.2 Å². The van der Waals surface area contributed by atoms with E-state index in [2.05, 4.69) is 20.9 Å². The number of aromatic nitrogens is 1. The number of rotatable bonds is 5. The first-order valence-electron chi connectivity index (χ1n) is 4.04. The molecule has 0 aliphatic rings. The molecule has 0 radical (unpaired) electrons. The predicted molar refractivity (Wildman–Crippen MR) is 56.4 cm³/mol. The van der Waals surface area contributed by atoms with E-state index < -0.39 is 0 Å². The Labute approximate surface area is 90.2 Å². The third-order valence-electron chi connectivity index (χ3n) is 1.22. The minimum Gasteiger partial charge on any atom is -0.468 e. The molecule has 1 aromatic heterocycles. The summed E-state index contributed by atoms with van der Waals surface area (Å²) >= 11 is 4.73. The van der Waals surface area contributed by atoms with Crippen molar-refractivity contribution in [3.8, 4) is 5.19 Å². The Morgan fingerprint density at radius 2 is 2.31 bits per heavy atom. The highest BCUT2D eigenvalue weighted by Gasteiger charge is 1.99. The van der Waals surface area contributed by atoms with Gasteiger partial charge < -0.3 is 9.47 Å². The van der Waals surface area contributed by atoms with Crippen LogP contribution in [0.2, 0.25) is 0 Å². The third-order valence-corrected chi connectivity index (χ3v) is 2.68. The minimum atomic E-state index is 0.256. The topological polar surface area (TPSA) is 31.4 Å². The van der Waals surface area contributed by atoms with Crippen LogP contribution in [-0.4, -0.2) is 24.3 Å². The standard InChI is InChI=1S/C8H12BrNO2S/c1-6(2)11-3-4-12-8-10-7(9)5-13-8/h5-6H,3-4H2,1-2H3. The lowest BCUT2D eigenvalue weighted by atomic mass is 10.5. The monoisotopic (exact) mass is 265 g/mol. The number of hydrogen-bond acceptors (Lipinski definition) is 4. The molecular formula is C8H12BrNO2S. The van der Waals surface area contributed by atoms with Crippen molar-refractivity contribution in [2.24, 2.45) is 0 Å². The first-order chi connectivity index (χ1) is 6.18. The normalized spacial score (nSPS) is 10.8. The number of halogens is 1. The zero-order valence-corrected chi connectivity index (χ0v) is 10.0. The highest BCUT2D eigenvalue weighted by molar-refractivity contribution is 9.10. The first kappa shape index (κ1) is 10.9. The van der Waals surface area contributed by atoms with Crippen LogP contribution in [0.4, 0.5) is 0 Å². The van der Waals surface area contributed by atoms with Crippen LogP contribution in [0.1, 0.15) is 13.8 Å². The van der Waals surface area contributed by atoms with Crippen molar-refractivity contribution in [3.05, 3.63) is 9.98 Å². The number of nitrogens with zero attached hydrogens (tertiary/aromatic N) is 1. The summed E-state index contributed by atoms with van der Waals surface area (Å²) in [5.74, 6) is 0. The van der Waals surface area contributed by atoms with Gasteiger partial charge in [0.2, 0.25) is 0 Å². The van der Waals surface area contributed by atoms with Crippen molar-refractivity contribution in [1.29, 1.82) is 0 Å². The van der Waals surface area contributed by atoms with Gasteiger partial charge in [-0.05, 0) is 29.8 Å². The Balaban J connectivity index is 2.13. The highest BCUT2D eigenvalue weighted by atomic mass is 79.9. The van der Waals surface area contributed by atoms with E-state index in [1.54, 1.807) is 0 Å². The second-order valence-corrected chi connectivity index (χ2v) is 4.34. The van der Waals surface area contributed by atoms with Crippen molar-refractivity contribution < 1.29 is 9.47 Å².